The molecule has 0 bridgehead atoms. The van der Waals surface area contributed by atoms with Gasteiger partial charge in [-0.15, -0.1) is 5.10 Å². The number of carbonyl (C=O) groups excluding carboxylic acids is 2. The molecule has 0 aromatic heterocycles. The average Bonchev–Trinajstić information content (AvgIpc) is 3.12. The van der Waals surface area contributed by atoms with Crippen molar-refractivity contribution in [3.8, 4) is 0 Å². The quantitative estimate of drug-likeness (QED) is 0.460. The first kappa shape index (κ1) is 22.7. The zero-order valence-electron chi connectivity index (χ0n) is 15.9. The molecule has 0 spiro atoms. The zero-order chi connectivity index (χ0) is 21.8. The number of ether oxygens (including phenoxy) is 1. The molecule has 158 valence electrons. The molecule has 0 radical (unpaired) electrons. The molecule has 0 aliphatic carbocycles. The van der Waals surface area contributed by atoms with Crippen LogP contribution in [0.15, 0.2) is 41.5 Å². The highest BCUT2D eigenvalue weighted by atomic mass is 35.5. The third-order valence-electron chi connectivity index (χ3n) is 4.41. The van der Waals surface area contributed by atoms with E-state index in [1.54, 1.807) is 41.3 Å². The van der Waals surface area contributed by atoms with Crippen LogP contribution in [0, 0.1) is 0 Å². The van der Waals surface area contributed by atoms with Crippen LogP contribution in [0.4, 0.5) is 11.4 Å². The summed E-state index contributed by atoms with van der Waals surface area (Å²) in [7, 11) is 1.30. The van der Waals surface area contributed by atoms with E-state index in [4.69, 9.17) is 46.4 Å². The highest BCUT2D eigenvalue weighted by Crippen LogP contribution is 2.40. The van der Waals surface area contributed by atoms with Gasteiger partial charge in [-0.25, -0.2) is 5.01 Å². The van der Waals surface area contributed by atoms with Crippen molar-refractivity contribution in [2.45, 2.75) is 19.3 Å². The van der Waals surface area contributed by atoms with Crippen molar-refractivity contribution in [2.75, 3.05) is 23.7 Å². The predicted octanol–water partition coefficient (Wildman–Crippen LogP) is 5.81. The van der Waals surface area contributed by atoms with E-state index >= 15 is 0 Å². The number of carbonyl (C=O) groups is 2. The minimum atomic E-state index is -0.383. The first-order chi connectivity index (χ1) is 14.3. The molecule has 1 aliphatic rings. The van der Waals surface area contributed by atoms with Crippen molar-refractivity contribution in [1.82, 2.24) is 0 Å². The zero-order valence-corrected chi connectivity index (χ0v) is 18.9. The first-order valence-electron chi connectivity index (χ1n) is 8.95. The lowest BCUT2D eigenvalue weighted by Crippen LogP contribution is -2.35. The van der Waals surface area contributed by atoms with Gasteiger partial charge in [0.05, 0.1) is 38.6 Å². The predicted molar refractivity (Wildman–Crippen MR) is 121 cm³/mol. The number of ketones is 1. The van der Waals surface area contributed by atoms with Crippen molar-refractivity contribution in [3.63, 3.8) is 0 Å². The Morgan fingerprint density at radius 3 is 2.00 bits per heavy atom. The van der Waals surface area contributed by atoms with Gasteiger partial charge >= 0.3 is 5.97 Å². The van der Waals surface area contributed by atoms with E-state index < -0.39 is 0 Å². The van der Waals surface area contributed by atoms with E-state index in [1.807, 2.05) is 0 Å². The second-order valence-corrected chi connectivity index (χ2v) is 8.01. The van der Waals surface area contributed by atoms with Gasteiger partial charge in [0.2, 0.25) is 0 Å². The molecule has 0 amide bonds. The minimum Gasteiger partial charge on any atom is -0.469 e. The van der Waals surface area contributed by atoms with Gasteiger partial charge in [0.1, 0.15) is 6.67 Å². The summed E-state index contributed by atoms with van der Waals surface area (Å²) in [6, 6.07) is 10.1. The molecule has 2 aromatic rings. The molecule has 1 heterocycles. The van der Waals surface area contributed by atoms with Gasteiger partial charge in [-0.05, 0) is 30.7 Å². The summed E-state index contributed by atoms with van der Waals surface area (Å²) in [5.74, 6) is -0.530. The van der Waals surface area contributed by atoms with Crippen molar-refractivity contribution >= 4 is 75.4 Å². The van der Waals surface area contributed by atoms with E-state index in [1.165, 1.54) is 12.1 Å². The molecule has 0 N–H and O–H groups in total. The number of rotatable bonds is 7. The Morgan fingerprint density at radius 2 is 1.47 bits per heavy atom. The summed E-state index contributed by atoms with van der Waals surface area (Å²) in [5.41, 5.74) is 0.915. The lowest BCUT2D eigenvalue weighted by molar-refractivity contribution is -0.140. The van der Waals surface area contributed by atoms with E-state index in [0.717, 1.165) is 0 Å². The minimum absolute atomic E-state index is 0.0938. The third-order valence-corrected chi connectivity index (χ3v) is 5.63. The van der Waals surface area contributed by atoms with Gasteiger partial charge in [0.15, 0.2) is 11.6 Å². The molecule has 0 unspecified atom stereocenters. The maximum absolute atomic E-state index is 13.0. The van der Waals surface area contributed by atoms with Gasteiger partial charge in [-0.2, -0.15) is 0 Å². The van der Waals surface area contributed by atoms with Gasteiger partial charge < -0.3 is 4.74 Å². The molecule has 0 saturated heterocycles. The number of para-hydroxylation sites is 2. The summed E-state index contributed by atoms with van der Waals surface area (Å²) in [5, 5.41) is 7.49. The molecular formula is C20H17Cl4N3O3. The standard InChI is InChI=1S/C20H17Cl4N3O3/c1-30-17(29)10-4-9-16(28)20-25-27(19-14(23)7-3-8-15(19)24)11-26(20)18-12(21)5-2-6-13(18)22/h2-3,5-8H,4,9-11H2,1H3. The second kappa shape index (κ2) is 9.88. The van der Waals surface area contributed by atoms with E-state index in [0.29, 0.717) is 37.9 Å². The van der Waals surface area contributed by atoms with Crippen LogP contribution in [-0.2, 0) is 14.3 Å². The molecule has 2 aromatic carbocycles. The molecule has 3 rings (SSSR count). The molecule has 10 heteroatoms. The van der Waals surface area contributed by atoms with Crippen LogP contribution in [0.5, 0.6) is 0 Å². The molecule has 0 saturated carbocycles. The fourth-order valence-corrected chi connectivity index (χ4v) is 4.19. The maximum atomic E-state index is 13.0. The number of methoxy groups -OCH3 is 1. The lowest BCUT2D eigenvalue weighted by atomic mass is 10.1. The number of benzene rings is 2. The van der Waals surface area contributed by atoms with Gasteiger partial charge in [-0.1, -0.05) is 58.5 Å². The Balaban J connectivity index is 1.96. The Morgan fingerprint density at radius 1 is 0.933 bits per heavy atom. The van der Waals surface area contributed by atoms with Crippen molar-refractivity contribution in [2.24, 2.45) is 5.10 Å². The summed E-state index contributed by atoms with van der Waals surface area (Å²) in [6.45, 7) is 0.130. The number of hydrazone groups is 1. The smallest absolute Gasteiger partial charge is 0.305 e. The van der Waals surface area contributed by atoms with Crippen LogP contribution in [0.25, 0.3) is 0 Å². The number of amidine groups is 1. The van der Waals surface area contributed by atoms with Gasteiger partial charge in [0, 0.05) is 12.8 Å². The molecular weight excluding hydrogens is 472 g/mol. The van der Waals surface area contributed by atoms with Gasteiger partial charge in [0.25, 0.3) is 0 Å². The van der Waals surface area contributed by atoms with Crippen molar-refractivity contribution in [1.29, 1.82) is 0 Å². The SMILES string of the molecule is COC(=O)CCCC(=O)C1=NN(c2c(Cl)cccc2Cl)CN1c1c(Cl)cccc1Cl. The van der Waals surface area contributed by atoms with Crippen LogP contribution < -0.4 is 9.91 Å². The topological polar surface area (TPSA) is 62.2 Å². The fourth-order valence-electron chi connectivity index (χ4n) is 2.99. The highest BCUT2D eigenvalue weighted by Gasteiger charge is 2.33. The van der Waals surface area contributed by atoms with Crippen LogP contribution in [0.2, 0.25) is 20.1 Å². The monoisotopic (exact) mass is 487 g/mol. The van der Waals surface area contributed by atoms with Gasteiger partial charge in [-0.3, -0.25) is 14.5 Å². The third kappa shape index (κ3) is 4.83. The molecule has 1 aliphatic heterocycles. The number of esters is 1. The number of hydrogen-bond donors (Lipinski definition) is 0. The van der Waals surface area contributed by atoms with Crippen LogP contribution >= 0.6 is 46.4 Å². The van der Waals surface area contributed by atoms with Crippen LogP contribution in [0.3, 0.4) is 0 Å². The number of nitrogens with zero attached hydrogens (tertiary/aromatic N) is 3. The van der Waals surface area contributed by atoms with Crippen molar-refractivity contribution in [3.05, 3.63) is 56.5 Å². The Kier molecular flexibility index (Phi) is 7.47. The van der Waals surface area contributed by atoms with E-state index in [9.17, 15) is 9.59 Å². The fraction of sp³-hybridized carbons (Fsp3) is 0.250. The average molecular weight is 489 g/mol. The van der Waals surface area contributed by atoms with Crippen LogP contribution in [-0.4, -0.2) is 31.4 Å². The van der Waals surface area contributed by atoms with Crippen LogP contribution in [0.1, 0.15) is 19.3 Å². The summed E-state index contributed by atoms with van der Waals surface area (Å²) in [6.07, 6.45) is 0.542. The Bertz CT molecular complexity index is 972. The number of anilines is 2. The first-order valence-corrected chi connectivity index (χ1v) is 10.5. The lowest BCUT2D eigenvalue weighted by Gasteiger charge is -2.23. The number of halogens is 4. The molecule has 0 atom stereocenters. The largest absolute Gasteiger partial charge is 0.469 e. The second-order valence-electron chi connectivity index (χ2n) is 6.39. The summed E-state index contributed by atoms with van der Waals surface area (Å²) >= 11 is 25.4. The van der Waals surface area contributed by atoms with E-state index in [2.05, 4.69) is 9.84 Å². The normalized spacial score (nSPS) is 13.4. The van der Waals surface area contributed by atoms with E-state index in [-0.39, 0.29) is 37.1 Å². The molecule has 0 fully saturated rings. The maximum Gasteiger partial charge on any atom is 0.305 e. The summed E-state index contributed by atoms with van der Waals surface area (Å²) < 4.78 is 4.62. The number of Topliss-reactive ketones (excluding diaryl/α,β-unsaturated/α-hetero) is 1. The Hall–Kier alpha value is -1.99. The highest BCUT2D eigenvalue weighted by molar-refractivity contribution is 6.48. The van der Waals surface area contributed by atoms with Crippen molar-refractivity contribution < 1.29 is 14.3 Å². The Labute approximate surface area is 193 Å². The summed E-state index contributed by atoms with van der Waals surface area (Å²) in [4.78, 5) is 25.9. The number of hydrogen-bond acceptors (Lipinski definition) is 6. The molecule has 6 nitrogen and oxygen atoms in total. The molecule has 30 heavy (non-hydrogen) atoms.